The molecule has 1 fully saturated rings. The van der Waals surface area contributed by atoms with E-state index in [4.69, 9.17) is 17.3 Å². The second-order valence-electron chi connectivity index (χ2n) is 4.49. The molecule has 0 bridgehead atoms. The highest BCUT2D eigenvalue weighted by molar-refractivity contribution is 6.32. The quantitative estimate of drug-likeness (QED) is 0.772. The fourth-order valence-corrected chi connectivity index (χ4v) is 2.44. The van der Waals surface area contributed by atoms with Crippen LogP contribution >= 0.6 is 11.6 Å². The lowest BCUT2D eigenvalue weighted by molar-refractivity contribution is 0.446. The van der Waals surface area contributed by atoms with Crippen LogP contribution in [0.15, 0.2) is 12.1 Å². The monoisotopic (exact) mass is 225 g/mol. The van der Waals surface area contributed by atoms with Gasteiger partial charge in [0, 0.05) is 5.54 Å². The number of benzene rings is 1. The standard InChI is InChI=1S/C12H16ClNO/c1-8-6-9(7-10(15)11(8)13)12(14)4-2-3-5-12/h6-7,15H,2-5,14H2,1H3. The van der Waals surface area contributed by atoms with Gasteiger partial charge in [-0.1, -0.05) is 30.5 Å². The van der Waals surface area contributed by atoms with E-state index in [-0.39, 0.29) is 11.3 Å². The Balaban J connectivity index is 2.45. The van der Waals surface area contributed by atoms with Crippen LogP contribution < -0.4 is 5.73 Å². The summed E-state index contributed by atoms with van der Waals surface area (Å²) in [6, 6.07) is 3.70. The van der Waals surface area contributed by atoms with E-state index in [9.17, 15) is 5.11 Å². The Morgan fingerprint density at radius 1 is 1.33 bits per heavy atom. The smallest absolute Gasteiger partial charge is 0.134 e. The fraction of sp³-hybridized carbons (Fsp3) is 0.500. The Labute approximate surface area is 95.1 Å². The molecule has 1 aromatic rings. The normalized spacial score (nSPS) is 19.4. The molecular formula is C12H16ClNO. The van der Waals surface area contributed by atoms with Gasteiger partial charge in [0.1, 0.15) is 5.75 Å². The van der Waals surface area contributed by atoms with E-state index in [1.54, 1.807) is 6.07 Å². The predicted molar refractivity (Wildman–Crippen MR) is 62.2 cm³/mol. The van der Waals surface area contributed by atoms with Crippen molar-refractivity contribution in [3.63, 3.8) is 0 Å². The van der Waals surface area contributed by atoms with E-state index in [1.807, 2.05) is 13.0 Å². The number of rotatable bonds is 1. The van der Waals surface area contributed by atoms with Crippen LogP contribution in [0.3, 0.4) is 0 Å². The Bertz CT molecular complexity index is 360. The van der Waals surface area contributed by atoms with Crippen molar-refractivity contribution in [1.29, 1.82) is 0 Å². The number of halogens is 1. The number of phenols is 1. The first-order valence-electron chi connectivity index (χ1n) is 5.31. The Hall–Kier alpha value is -0.730. The molecule has 15 heavy (non-hydrogen) atoms. The Morgan fingerprint density at radius 3 is 2.47 bits per heavy atom. The van der Waals surface area contributed by atoms with Gasteiger partial charge in [0.2, 0.25) is 0 Å². The molecule has 2 rings (SSSR count). The number of nitrogens with two attached hydrogens (primary N) is 1. The van der Waals surface area contributed by atoms with Gasteiger partial charge in [-0.15, -0.1) is 0 Å². The van der Waals surface area contributed by atoms with E-state index in [1.165, 1.54) is 12.8 Å². The van der Waals surface area contributed by atoms with Gasteiger partial charge >= 0.3 is 0 Å². The molecule has 0 unspecified atom stereocenters. The van der Waals surface area contributed by atoms with Crippen molar-refractivity contribution in [2.45, 2.75) is 38.1 Å². The Kier molecular flexibility index (Phi) is 2.65. The van der Waals surface area contributed by atoms with Crippen LogP contribution in [0.1, 0.15) is 36.8 Å². The molecular weight excluding hydrogens is 210 g/mol. The van der Waals surface area contributed by atoms with E-state index in [0.717, 1.165) is 24.0 Å². The predicted octanol–water partition coefficient (Wildman–Crippen LogP) is 3.08. The molecule has 0 saturated heterocycles. The van der Waals surface area contributed by atoms with Gasteiger partial charge in [0.05, 0.1) is 5.02 Å². The average molecular weight is 226 g/mol. The summed E-state index contributed by atoms with van der Waals surface area (Å²) in [6.45, 7) is 1.89. The number of aromatic hydroxyl groups is 1. The molecule has 1 aliphatic rings. The second-order valence-corrected chi connectivity index (χ2v) is 4.87. The van der Waals surface area contributed by atoms with Crippen molar-refractivity contribution in [1.82, 2.24) is 0 Å². The number of aryl methyl sites for hydroxylation is 1. The zero-order valence-electron chi connectivity index (χ0n) is 8.89. The van der Waals surface area contributed by atoms with Crippen LogP contribution in [0, 0.1) is 6.92 Å². The van der Waals surface area contributed by atoms with Crippen LogP contribution in [-0.2, 0) is 5.54 Å². The van der Waals surface area contributed by atoms with E-state index >= 15 is 0 Å². The van der Waals surface area contributed by atoms with Crippen molar-refractivity contribution in [2.75, 3.05) is 0 Å². The summed E-state index contributed by atoms with van der Waals surface area (Å²) in [5, 5.41) is 10.1. The largest absolute Gasteiger partial charge is 0.506 e. The molecule has 82 valence electrons. The highest BCUT2D eigenvalue weighted by Crippen LogP contribution is 2.39. The SMILES string of the molecule is Cc1cc(C2(N)CCCC2)cc(O)c1Cl. The molecule has 3 heteroatoms. The molecule has 0 aromatic heterocycles. The summed E-state index contributed by atoms with van der Waals surface area (Å²) in [5.41, 5.74) is 7.96. The van der Waals surface area contributed by atoms with Crippen molar-refractivity contribution in [3.8, 4) is 5.75 Å². The molecule has 0 amide bonds. The van der Waals surface area contributed by atoms with Crippen molar-refractivity contribution in [2.24, 2.45) is 5.73 Å². The van der Waals surface area contributed by atoms with Crippen molar-refractivity contribution in [3.05, 3.63) is 28.3 Å². The summed E-state index contributed by atoms with van der Waals surface area (Å²) in [5.74, 6) is 0.142. The van der Waals surface area contributed by atoms with E-state index in [2.05, 4.69) is 0 Å². The molecule has 0 aliphatic heterocycles. The fourth-order valence-electron chi connectivity index (χ4n) is 2.33. The van der Waals surface area contributed by atoms with Crippen molar-refractivity contribution < 1.29 is 5.11 Å². The van der Waals surface area contributed by atoms with Crippen LogP contribution in [0.25, 0.3) is 0 Å². The van der Waals surface area contributed by atoms with Gasteiger partial charge in [-0.3, -0.25) is 0 Å². The van der Waals surface area contributed by atoms with Crippen molar-refractivity contribution >= 4 is 11.6 Å². The van der Waals surface area contributed by atoms with Gasteiger partial charge in [0.25, 0.3) is 0 Å². The minimum atomic E-state index is -0.257. The summed E-state index contributed by atoms with van der Waals surface area (Å²) in [6.07, 6.45) is 4.32. The molecule has 3 N–H and O–H groups in total. The highest BCUT2D eigenvalue weighted by Gasteiger charge is 2.31. The minimum Gasteiger partial charge on any atom is -0.506 e. The third-order valence-corrected chi connectivity index (χ3v) is 3.80. The van der Waals surface area contributed by atoms with Gasteiger partial charge in [-0.2, -0.15) is 0 Å². The van der Waals surface area contributed by atoms with Crippen LogP contribution in [0.2, 0.25) is 5.02 Å². The zero-order chi connectivity index (χ0) is 11.1. The molecule has 2 nitrogen and oxygen atoms in total. The third kappa shape index (κ3) is 1.84. The maximum Gasteiger partial charge on any atom is 0.134 e. The van der Waals surface area contributed by atoms with E-state index in [0.29, 0.717) is 5.02 Å². The van der Waals surface area contributed by atoms with Gasteiger partial charge in [-0.05, 0) is 37.0 Å². The molecule has 0 atom stereocenters. The minimum absolute atomic E-state index is 0.142. The van der Waals surface area contributed by atoms with Gasteiger partial charge < -0.3 is 10.8 Å². The molecule has 0 heterocycles. The zero-order valence-corrected chi connectivity index (χ0v) is 9.64. The van der Waals surface area contributed by atoms with E-state index < -0.39 is 0 Å². The summed E-state index contributed by atoms with van der Waals surface area (Å²) >= 11 is 5.91. The first-order chi connectivity index (χ1) is 7.03. The summed E-state index contributed by atoms with van der Waals surface area (Å²) in [4.78, 5) is 0. The van der Waals surface area contributed by atoms with Gasteiger partial charge in [-0.25, -0.2) is 0 Å². The molecule has 0 radical (unpaired) electrons. The molecule has 1 saturated carbocycles. The molecule has 1 aliphatic carbocycles. The maximum atomic E-state index is 9.67. The average Bonchev–Trinajstić information content (AvgIpc) is 2.62. The summed E-state index contributed by atoms with van der Waals surface area (Å²) < 4.78 is 0. The van der Waals surface area contributed by atoms with Crippen LogP contribution in [0.4, 0.5) is 0 Å². The lowest BCUT2D eigenvalue weighted by atomic mass is 9.88. The number of hydrogen-bond donors (Lipinski definition) is 2. The maximum absolute atomic E-state index is 9.67. The Morgan fingerprint density at radius 2 is 1.93 bits per heavy atom. The lowest BCUT2D eigenvalue weighted by Crippen LogP contribution is -2.33. The second kappa shape index (κ2) is 3.69. The first-order valence-corrected chi connectivity index (χ1v) is 5.69. The molecule has 1 aromatic carbocycles. The molecule has 0 spiro atoms. The number of hydrogen-bond acceptors (Lipinski definition) is 2. The lowest BCUT2D eigenvalue weighted by Gasteiger charge is -2.25. The third-order valence-electron chi connectivity index (χ3n) is 3.31. The van der Waals surface area contributed by atoms with Gasteiger partial charge in [0.15, 0.2) is 0 Å². The first kappa shape index (κ1) is 10.8. The summed E-state index contributed by atoms with van der Waals surface area (Å²) in [7, 11) is 0. The number of phenolic OH excluding ortho intramolecular Hbond substituents is 1. The highest BCUT2D eigenvalue weighted by atomic mass is 35.5. The van der Waals surface area contributed by atoms with Crippen LogP contribution in [-0.4, -0.2) is 5.11 Å². The van der Waals surface area contributed by atoms with Crippen LogP contribution in [0.5, 0.6) is 5.75 Å². The topological polar surface area (TPSA) is 46.2 Å².